The van der Waals surface area contributed by atoms with Gasteiger partial charge in [0.15, 0.2) is 5.96 Å². The number of anilines is 1. The molecule has 2 aromatic rings. The van der Waals surface area contributed by atoms with E-state index >= 15 is 0 Å². The van der Waals surface area contributed by atoms with Gasteiger partial charge in [0.25, 0.3) is 0 Å². The molecule has 0 saturated carbocycles. The predicted molar refractivity (Wildman–Crippen MR) is 108 cm³/mol. The van der Waals surface area contributed by atoms with Gasteiger partial charge in [0, 0.05) is 32.2 Å². The zero-order valence-corrected chi connectivity index (χ0v) is 15.9. The Morgan fingerprint density at radius 3 is 2.48 bits per heavy atom. The molecule has 1 amide bonds. The number of aliphatic imine (C=N–C) groups is 1. The summed E-state index contributed by atoms with van der Waals surface area (Å²) in [6.07, 6.45) is 1.94. The van der Waals surface area contributed by atoms with E-state index in [1.165, 1.54) is 6.07 Å². The van der Waals surface area contributed by atoms with E-state index < -0.39 is 0 Å². The number of hydrogen-bond donors (Lipinski definition) is 3. The van der Waals surface area contributed by atoms with Gasteiger partial charge in [0.05, 0.1) is 0 Å². The second kappa shape index (κ2) is 11.0. The molecular formula is C21H27FN4O. The third-order valence-electron chi connectivity index (χ3n) is 4.04. The van der Waals surface area contributed by atoms with Crippen molar-refractivity contribution in [3.05, 3.63) is 65.5 Å². The van der Waals surface area contributed by atoms with Crippen molar-refractivity contribution in [3.63, 3.8) is 0 Å². The van der Waals surface area contributed by atoms with Crippen LogP contribution in [0.2, 0.25) is 0 Å². The fourth-order valence-corrected chi connectivity index (χ4v) is 2.58. The molecule has 0 aliphatic carbocycles. The van der Waals surface area contributed by atoms with Crippen molar-refractivity contribution in [1.82, 2.24) is 10.6 Å². The SMILES string of the molecule is CCCC(=O)Nc1ccc(CNC(=NC)NCCc2ccccc2F)cc1. The molecule has 0 radical (unpaired) electrons. The highest BCUT2D eigenvalue weighted by molar-refractivity contribution is 5.90. The quantitative estimate of drug-likeness (QED) is 0.492. The van der Waals surface area contributed by atoms with Gasteiger partial charge in [0.2, 0.25) is 5.91 Å². The predicted octanol–water partition coefficient (Wildman–Crippen LogP) is 3.47. The second-order valence-corrected chi connectivity index (χ2v) is 6.19. The number of carbonyl (C=O) groups is 1. The molecule has 0 saturated heterocycles. The van der Waals surface area contributed by atoms with E-state index in [1.54, 1.807) is 19.2 Å². The van der Waals surface area contributed by atoms with Crippen LogP contribution in [0.4, 0.5) is 10.1 Å². The van der Waals surface area contributed by atoms with Crippen molar-refractivity contribution in [2.45, 2.75) is 32.7 Å². The van der Waals surface area contributed by atoms with Gasteiger partial charge in [-0.25, -0.2) is 4.39 Å². The third kappa shape index (κ3) is 7.09. The summed E-state index contributed by atoms with van der Waals surface area (Å²) in [5.74, 6) is 0.503. The average molecular weight is 370 g/mol. The molecule has 0 fully saturated rings. The van der Waals surface area contributed by atoms with Gasteiger partial charge >= 0.3 is 0 Å². The van der Waals surface area contributed by atoms with Gasteiger partial charge < -0.3 is 16.0 Å². The molecule has 2 aromatic carbocycles. The lowest BCUT2D eigenvalue weighted by molar-refractivity contribution is -0.116. The first kappa shape index (κ1) is 20.4. The summed E-state index contributed by atoms with van der Waals surface area (Å²) in [5, 5.41) is 9.28. The minimum Gasteiger partial charge on any atom is -0.356 e. The number of nitrogens with zero attached hydrogens (tertiary/aromatic N) is 1. The molecule has 6 heteroatoms. The van der Waals surface area contributed by atoms with E-state index in [0.29, 0.717) is 37.5 Å². The summed E-state index contributed by atoms with van der Waals surface area (Å²) in [5.41, 5.74) is 2.55. The number of carbonyl (C=O) groups excluding carboxylic acids is 1. The van der Waals surface area contributed by atoms with Crippen LogP contribution in [-0.4, -0.2) is 25.5 Å². The van der Waals surface area contributed by atoms with Crippen LogP contribution < -0.4 is 16.0 Å². The molecular weight excluding hydrogens is 343 g/mol. The van der Waals surface area contributed by atoms with E-state index in [0.717, 1.165) is 17.7 Å². The standard InChI is InChI=1S/C21H27FN4O/c1-3-6-20(27)26-18-11-9-16(10-12-18)15-25-21(23-2)24-14-13-17-7-4-5-8-19(17)22/h4-5,7-12H,3,6,13-15H2,1-2H3,(H,26,27)(H2,23,24,25). The molecule has 0 spiro atoms. The van der Waals surface area contributed by atoms with Crippen LogP contribution in [0.1, 0.15) is 30.9 Å². The van der Waals surface area contributed by atoms with Crippen LogP contribution in [0.25, 0.3) is 0 Å². The average Bonchev–Trinajstić information content (AvgIpc) is 2.67. The molecule has 0 aliphatic heterocycles. The minimum atomic E-state index is -0.187. The molecule has 0 bridgehead atoms. The number of amides is 1. The summed E-state index contributed by atoms with van der Waals surface area (Å²) >= 11 is 0. The Morgan fingerprint density at radius 1 is 1.07 bits per heavy atom. The van der Waals surface area contributed by atoms with Crippen molar-refractivity contribution < 1.29 is 9.18 Å². The van der Waals surface area contributed by atoms with Crippen molar-refractivity contribution >= 4 is 17.6 Å². The first-order valence-corrected chi connectivity index (χ1v) is 9.19. The van der Waals surface area contributed by atoms with Crippen molar-refractivity contribution in [2.24, 2.45) is 4.99 Å². The Hall–Kier alpha value is -2.89. The van der Waals surface area contributed by atoms with Gasteiger partial charge in [0.1, 0.15) is 5.82 Å². The van der Waals surface area contributed by atoms with Gasteiger partial charge in [-0.3, -0.25) is 9.79 Å². The normalized spacial score (nSPS) is 11.1. The maximum absolute atomic E-state index is 13.6. The van der Waals surface area contributed by atoms with Gasteiger partial charge in [-0.2, -0.15) is 0 Å². The van der Waals surface area contributed by atoms with E-state index in [-0.39, 0.29) is 11.7 Å². The summed E-state index contributed by atoms with van der Waals surface area (Å²) < 4.78 is 13.6. The van der Waals surface area contributed by atoms with E-state index in [9.17, 15) is 9.18 Å². The topological polar surface area (TPSA) is 65.5 Å². The molecule has 0 aromatic heterocycles. The van der Waals surface area contributed by atoms with Gasteiger partial charge in [-0.1, -0.05) is 37.3 Å². The van der Waals surface area contributed by atoms with E-state index in [2.05, 4.69) is 20.9 Å². The summed E-state index contributed by atoms with van der Waals surface area (Å²) in [4.78, 5) is 15.8. The molecule has 27 heavy (non-hydrogen) atoms. The zero-order chi connectivity index (χ0) is 19.5. The molecule has 0 atom stereocenters. The monoisotopic (exact) mass is 370 g/mol. The molecule has 0 aliphatic rings. The number of benzene rings is 2. The first-order valence-electron chi connectivity index (χ1n) is 9.19. The number of halogens is 1. The summed E-state index contributed by atoms with van der Waals surface area (Å²) in [7, 11) is 1.70. The van der Waals surface area contributed by atoms with Gasteiger partial charge in [-0.05, 0) is 42.2 Å². The number of guanidine groups is 1. The summed E-state index contributed by atoms with van der Waals surface area (Å²) in [6.45, 7) is 3.16. The van der Waals surface area contributed by atoms with E-state index in [1.807, 2.05) is 37.3 Å². The Kier molecular flexibility index (Phi) is 8.29. The van der Waals surface area contributed by atoms with Crippen molar-refractivity contribution in [1.29, 1.82) is 0 Å². The minimum absolute atomic E-state index is 0.0304. The fraction of sp³-hybridized carbons (Fsp3) is 0.333. The maximum Gasteiger partial charge on any atom is 0.224 e. The lowest BCUT2D eigenvalue weighted by Gasteiger charge is -2.12. The fourth-order valence-electron chi connectivity index (χ4n) is 2.58. The molecule has 5 nitrogen and oxygen atoms in total. The smallest absolute Gasteiger partial charge is 0.224 e. The third-order valence-corrected chi connectivity index (χ3v) is 4.04. The Labute approximate surface area is 160 Å². The van der Waals surface area contributed by atoms with Crippen LogP contribution in [-0.2, 0) is 17.8 Å². The highest BCUT2D eigenvalue weighted by Crippen LogP contribution is 2.10. The lowest BCUT2D eigenvalue weighted by atomic mass is 10.1. The number of hydrogen-bond acceptors (Lipinski definition) is 2. The Morgan fingerprint density at radius 2 is 1.81 bits per heavy atom. The zero-order valence-electron chi connectivity index (χ0n) is 15.9. The van der Waals surface area contributed by atoms with Crippen molar-refractivity contribution in [2.75, 3.05) is 18.9 Å². The van der Waals surface area contributed by atoms with Gasteiger partial charge in [-0.15, -0.1) is 0 Å². The second-order valence-electron chi connectivity index (χ2n) is 6.19. The molecule has 2 rings (SSSR count). The van der Waals surface area contributed by atoms with Crippen LogP contribution in [0.15, 0.2) is 53.5 Å². The highest BCUT2D eigenvalue weighted by atomic mass is 19.1. The van der Waals surface area contributed by atoms with Crippen LogP contribution in [0.5, 0.6) is 0 Å². The highest BCUT2D eigenvalue weighted by Gasteiger charge is 2.03. The number of nitrogens with one attached hydrogen (secondary N) is 3. The summed E-state index contributed by atoms with van der Waals surface area (Å²) in [6, 6.07) is 14.5. The van der Waals surface area contributed by atoms with Crippen LogP contribution in [0.3, 0.4) is 0 Å². The Balaban J connectivity index is 1.76. The molecule has 3 N–H and O–H groups in total. The maximum atomic E-state index is 13.6. The lowest BCUT2D eigenvalue weighted by Crippen LogP contribution is -2.37. The molecule has 0 unspecified atom stereocenters. The largest absolute Gasteiger partial charge is 0.356 e. The molecule has 0 heterocycles. The first-order chi connectivity index (χ1) is 13.1. The number of rotatable bonds is 8. The van der Waals surface area contributed by atoms with E-state index in [4.69, 9.17) is 0 Å². The molecule has 144 valence electrons. The van der Waals surface area contributed by atoms with Crippen molar-refractivity contribution in [3.8, 4) is 0 Å². The van der Waals surface area contributed by atoms with Crippen LogP contribution >= 0.6 is 0 Å². The van der Waals surface area contributed by atoms with Crippen LogP contribution in [0, 0.1) is 5.82 Å². The Bertz CT molecular complexity index is 759.